The maximum Gasteiger partial charge on any atom is 0.333 e. The Morgan fingerprint density at radius 1 is 1.14 bits per heavy atom. The normalized spacial score (nSPS) is 12.6. The van der Waals surface area contributed by atoms with Gasteiger partial charge in [-0.2, -0.15) is 8.42 Å². The van der Waals surface area contributed by atoms with Crippen LogP contribution in [-0.4, -0.2) is 25.1 Å². The Labute approximate surface area is 171 Å². The molecule has 0 spiro atoms. The quantitative estimate of drug-likeness (QED) is 0.497. The molecular formula is C19H20N2O6S2. The van der Waals surface area contributed by atoms with E-state index < -0.39 is 16.4 Å². The number of thiazole rings is 1. The van der Waals surface area contributed by atoms with Crippen LogP contribution in [0.2, 0.25) is 0 Å². The standard InChI is InChI=1S/C19H20N2O6S2/c1-12-2-6-14(7-3-12)16(27-29(20,24)25)11-26-15-8-4-13(5-9-15)10-17-18(22)21-19(23)28-17/h2-9,16,22H,10-11H2,1H3,(H,21,23)(H2,20,24,25). The van der Waals surface area contributed by atoms with E-state index in [0.717, 1.165) is 22.5 Å². The number of aromatic amines is 1. The lowest BCUT2D eigenvalue weighted by Crippen LogP contribution is -2.23. The van der Waals surface area contributed by atoms with Crippen molar-refractivity contribution < 1.29 is 22.4 Å². The molecule has 3 rings (SSSR count). The fourth-order valence-corrected chi connectivity index (χ4v) is 3.90. The van der Waals surface area contributed by atoms with Gasteiger partial charge in [0.05, 0.1) is 4.88 Å². The molecule has 0 aliphatic carbocycles. The number of hydrogen-bond acceptors (Lipinski definition) is 7. The van der Waals surface area contributed by atoms with Gasteiger partial charge >= 0.3 is 15.2 Å². The van der Waals surface area contributed by atoms with Crippen molar-refractivity contribution >= 4 is 21.6 Å². The zero-order chi connectivity index (χ0) is 21.0. The van der Waals surface area contributed by atoms with Crippen LogP contribution in [0, 0.1) is 6.92 Å². The second-order valence-corrected chi connectivity index (χ2v) is 8.65. The van der Waals surface area contributed by atoms with Crippen molar-refractivity contribution in [3.05, 3.63) is 79.8 Å². The highest BCUT2D eigenvalue weighted by Gasteiger charge is 2.19. The average Bonchev–Trinajstić information content (AvgIpc) is 2.96. The first-order valence-corrected chi connectivity index (χ1v) is 10.9. The lowest BCUT2D eigenvalue weighted by atomic mass is 10.1. The molecule has 0 fully saturated rings. The molecule has 0 amide bonds. The third-order valence-electron chi connectivity index (χ3n) is 4.09. The summed E-state index contributed by atoms with van der Waals surface area (Å²) in [5, 5.41) is 14.7. The van der Waals surface area contributed by atoms with Gasteiger partial charge in [0.1, 0.15) is 18.5 Å². The van der Waals surface area contributed by atoms with E-state index in [1.807, 2.05) is 19.1 Å². The van der Waals surface area contributed by atoms with Crippen molar-refractivity contribution in [2.45, 2.75) is 19.4 Å². The van der Waals surface area contributed by atoms with Gasteiger partial charge in [-0.05, 0) is 30.2 Å². The van der Waals surface area contributed by atoms with Crippen LogP contribution in [0.4, 0.5) is 0 Å². The second-order valence-electron chi connectivity index (χ2n) is 6.41. The molecule has 1 unspecified atom stereocenters. The van der Waals surface area contributed by atoms with Crippen LogP contribution in [0.25, 0.3) is 0 Å². The van der Waals surface area contributed by atoms with Crippen LogP contribution in [-0.2, 0) is 20.9 Å². The minimum absolute atomic E-state index is 0.0565. The Bertz CT molecular complexity index is 1120. The molecule has 0 aliphatic rings. The fourth-order valence-electron chi connectivity index (χ4n) is 2.66. The van der Waals surface area contributed by atoms with E-state index in [9.17, 15) is 18.3 Å². The van der Waals surface area contributed by atoms with Gasteiger partial charge in [-0.25, -0.2) is 9.32 Å². The first kappa shape index (κ1) is 21.1. The maximum atomic E-state index is 11.4. The monoisotopic (exact) mass is 436 g/mol. The molecule has 1 atom stereocenters. The molecule has 154 valence electrons. The van der Waals surface area contributed by atoms with Crippen molar-refractivity contribution in [1.82, 2.24) is 4.98 Å². The summed E-state index contributed by atoms with van der Waals surface area (Å²) in [6.45, 7) is 1.86. The Hall–Kier alpha value is -2.66. The topological polar surface area (TPSA) is 132 Å². The largest absolute Gasteiger partial charge is 0.494 e. The van der Waals surface area contributed by atoms with Crippen molar-refractivity contribution in [2.75, 3.05) is 6.61 Å². The number of aryl methyl sites for hydroxylation is 1. The van der Waals surface area contributed by atoms with Gasteiger partial charge in [0.25, 0.3) is 0 Å². The summed E-state index contributed by atoms with van der Waals surface area (Å²) >= 11 is 0.954. The molecule has 2 aromatic carbocycles. The molecule has 4 N–H and O–H groups in total. The van der Waals surface area contributed by atoms with Crippen LogP contribution in [0.5, 0.6) is 11.6 Å². The minimum Gasteiger partial charge on any atom is -0.494 e. The molecule has 0 aliphatic heterocycles. The third kappa shape index (κ3) is 6.16. The molecule has 3 aromatic rings. The van der Waals surface area contributed by atoms with Crippen LogP contribution in [0.15, 0.2) is 53.3 Å². The molecule has 1 heterocycles. The minimum atomic E-state index is -4.16. The molecule has 29 heavy (non-hydrogen) atoms. The molecule has 8 nitrogen and oxygen atoms in total. The summed E-state index contributed by atoms with van der Waals surface area (Å²) in [6.07, 6.45) is -0.491. The van der Waals surface area contributed by atoms with Crippen molar-refractivity contribution in [1.29, 1.82) is 0 Å². The van der Waals surface area contributed by atoms with E-state index in [4.69, 9.17) is 14.1 Å². The summed E-state index contributed by atoms with van der Waals surface area (Å²) in [5.74, 6) is 0.386. The molecular weight excluding hydrogens is 416 g/mol. The number of hydrogen-bond donors (Lipinski definition) is 3. The van der Waals surface area contributed by atoms with E-state index >= 15 is 0 Å². The van der Waals surface area contributed by atoms with E-state index in [1.54, 1.807) is 36.4 Å². The van der Waals surface area contributed by atoms with E-state index in [0.29, 0.717) is 22.6 Å². The Balaban J connectivity index is 1.68. The van der Waals surface area contributed by atoms with E-state index in [-0.39, 0.29) is 17.4 Å². The van der Waals surface area contributed by atoms with Gasteiger partial charge in [0.2, 0.25) is 5.88 Å². The van der Waals surface area contributed by atoms with Crippen molar-refractivity contribution in [3.8, 4) is 11.6 Å². The predicted octanol–water partition coefficient (Wildman–Crippen LogP) is 2.38. The average molecular weight is 437 g/mol. The molecule has 0 saturated carbocycles. The van der Waals surface area contributed by atoms with Crippen LogP contribution in [0.1, 0.15) is 27.7 Å². The van der Waals surface area contributed by atoms with Crippen molar-refractivity contribution in [3.63, 3.8) is 0 Å². The SMILES string of the molecule is Cc1ccc(C(COc2ccc(Cc3sc(=O)[nH]c3O)cc2)OS(N)(=O)=O)cc1. The van der Waals surface area contributed by atoms with Gasteiger partial charge in [-0.15, -0.1) is 0 Å². The second kappa shape index (κ2) is 8.78. The van der Waals surface area contributed by atoms with E-state index in [2.05, 4.69) is 4.98 Å². The number of benzene rings is 2. The lowest BCUT2D eigenvalue weighted by Gasteiger charge is -2.17. The zero-order valence-electron chi connectivity index (χ0n) is 15.5. The summed E-state index contributed by atoms with van der Waals surface area (Å²) in [4.78, 5) is 13.8. The first-order chi connectivity index (χ1) is 13.7. The number of H-pyrrole nitrogens is 1. The van der Waals surface area contributed by atoms with Crippen LogP contribution < -0.4 is 14.7 Å². The third-order valence-corrected chi connectivity index (χ3v) is 5.46. The highest BCUT2D eigenvalue weighted by Crippen LogP contribution is 2.24. The Kier molecular flexibility index (Phi) is 6.38. The molecule has 1 aromatic heterocycles. The number of rotatable bonds is 8. The van der Waals surface area contributed by atoms with Crippen LogP contribution >= 0.6 is 11.3 Å². The van der Waals surface area contributed by atoms with Crippen LogP contribution in [0.3, 0.4) is 0 Å². The summed E-state index contributed by atoms with van der Waals surface area (Å²) in [5.41, 5.74) is 2.52. The summed E-state index contributed by atoms with van der Waals surface area (Å²) in [6, 6.07) is 14.2. The Morgan fingerprint density at radius 3 is 2.34 bits per heavy atom. The Morgan fingerprint density at radius 2 is 1.79 bits per heavy atom. The number of nitrogens with two attached hydrogens (primary N) is 1. The molecule has 0 bridgehead atoms. The highest BCUT2D eigenvalue weighted by molar-refractivity contribution is 7.84. The van der Waals surface area contributed by atoms with E-state index in [1.165, 1.54) is 0 Å². The number of aromatic hydroxyl groups is 1. The lowest BCUT2D eigenvalue weighted by molar-refractivity contribution is 0.135. The molecule has 0 saturated heterocycles. The summed E-state index contributed by atoms with van der Waals surface area (Å²) in [7, 11) is -4.16. The predicted molar refractivity (Wildman–Crippen MR) is 109 cm³/mol. The van der Waals surface area contributed by atoms with Gasteiger partial charge in [-0.1, -0.05) is 53.3 Å². The van der Waals surface area contributed by atoms with Gasteiger partial charge in [-0.3, -0.25) is 9.78 Å². The number of ether oxygens (including phenoxy) is 1. The number of nitrogens with one attached hydrogen (secondary N) is 1. The van der Waals surface area contributed by atoms with Crippen molar-refractivity contribution in [2.24, 2.45) is 5.14 Å². The van der Waals surface area contributed by atoms with Gasteiger partial charge in [0.15, 0.2) is 0 Å². The molecule has 10 heteroatoms. The molecule has 0 radical (unpaired) electrons. The maximum absolute atomic E-state index is 11.4. The number of aromatic nitrogens is 1. The smallest absolute Gasteiger partial charge is 0.333 e. The fraction of sp³-hybridized carbons (Fsp3) is 0.211. The first-order valence-electron chi connectivity index (χ1n) is 8.60. The zero-order valence-corrected chi connectivity index (χ0v) is 17.1. The van der Waals surface area contributed by atoms with Gasteiger partial charge < -0.3 is 9.84 Å². The summed E-state index contributed by atoms with van der Waals surface area (Å²) < 4.78 is 33.4. The highest BCUT2D eigenvalue weighted by atomic mass is 32.2. The van der Waals surface area contributed by atoms with Gasteiger partial charge in [0, 0.05) is 6.42 Å².